The lowest BCUT2D eigenvalue weighted by molar-refractivity contribution is -0.274. The predicted molar refractivity (Wildman–Crippen MR) is 146 cm³/mol. The van der Waals surface area contributed by atoms with Crippen molar-refractivity contribution in [2.45, 2.75) is 31.3 Å². The van der Waals surface area contributed by atoms with Gasteiger partial charge < -0.3 is 19.9 Å². The van der Waals surface area contributed by atoms with Gasteiger partial charge in [-0.15, -0.1) is 13.2 Å². The summed E-state index contributed by atoms with van der Waals surface area (Å²) in [5.41, 5.74) is 1.21. The van der Waals surface area contributed by atoms with Gasteiger partial charge in [-0.25, -0.2) is 4.98 Å². The molecule has 2 aromatic carbocycles. The topological polar surface area (TPSA) is 119 Å². The molecule has 0 unspecified atom stereocenters. The second-order valence-corrected chi connectivity index (χ2v) is 10.2. The van der Waals surface area contributed by atoms with Crippen LogP contribution in [0.2, 0.25) is 0 Å². The van der Waals surface area contributed by atoms with Crippen LogP contribution in [-0.4, -0.2) is 68.7 Å². The molecule has 10 nitrogen and oxygen atoms in total. The van der Waals surface area contributed by atoms with E-state index in [1.165, 1.54) is 23.0 Å². The van der Waals surface area contributed by atoms with Crippen molar-refractivity contribution in [3.8, 4) is 22.6 Å². The summed E-state index contributed by atoms with van der Waals surface area (Å²) in [5.74, 6) is -1.03. The Kier molecular flexibility index (Phi) is 7.17. The fourth-order valence-electron chi connectivity index (χ4n) is 5.23. The maximum absolute atomic E-state index is 13.5. The maximum atomic E-state index is 13.5. The number of rotatable bonds is 7. The minimum absolute atomic E-state index is 0.166. The molecule has 42 heavy (non-hydrogen) atoms. The molecule has 2 N–H and O–H groups in total. The first-order valence-corrected chi connectivity index (χ1v) is 13.3. The van der Waals surface area contributed by atoms with E-state index in [-0.39, 0.29) is 23.4 Å². The third-order valence-corrected chi connectivity index (χ3v) is 7.55. The molecule has 6 rings (SSSR count). The van der Waals surface area contributed by atoms with Crippen LogP contribution in [-0.2, 0) is 16.1 Å². The third kappa shape index (κ3) is 5.45. The van der Waals surface area contributed by atoms with Crippen LogP contribution in [0.15, 0.2) is 66.0 Å². The van der Waals surface area contributed by atoms with Gasteiger partial charge in [0.05, 0.1) is 42.1 Å². The zero-order valence-corrected chi connectivity index (χ0v) is 22.2. The number of fused-ring (bicyclic) bond motifs is 1. The number of carbonyl (C=O) groups is 1. The number of morpholine rings is 1. The molecule has 0 radical (unpaired) electrons. The number of alkyl halides is 3. The summed E-state index contributed by atoms with van der Waals surface area (Å²) in [4.78, 5) is 37.3. The smallest absolute Gasteiger partial charge is 0.404 e. The first-order chi connectivity index (χ1) is 20.2. The van der Waals surface area contributed by atoms with Gasteiger partial charge in [0.25, 0.3) is 5.56 Å². The van der Waals surface area contributed by atoms with Gasteiger partial charge in [0.15, 0.2) is 5.75 Å². The van der Waals surface area contributed by atoms with Gasteiger partial charge in [-0.2, -0.15) is 0 Å². The van der Waals surface area contributed by atoms with Crippen LogP contribution in [0.3, 0.4) is 0 Å². The lowest BCUT2D eigenvalue weighted by Crippen LogP contribution is -2.51. The summed E-state index contributed by atoms with van der Waals surface area (Å²) in [6, 6.07) is 10.4. The van der Waals surface area contributed by atoms with E-state index in [0.717, 1.165) is 17.2 Å². The van der Waals surface area contributed by atoms with E-state index in [2.05, 4.69) is 20.0 Å². The Balaban J connectivity index is 1.34. The van der Waals surface area contributed by atoms with Crippen molar-refractivity contribution in [1.29, 1.82) is 0 Å². The van der Waals surface area contributed by atoms with E-state index >= 15 is 0 Å². The number of nitrogens with zero attached hydrogens (tertiary/aromatic N) is 4. The van der Waals surface area contributed by atoms with Crippen LogP contribution >= 0.6 is 0 Å². The Bertz CT molecular complexity index is 1710. The largest absolute Gasteiger partial charge is 0.573 e. The van der Waals surface area contributed by atoms with Gasteiger partial charge in [-0.3, -0.25) is 24.0 Å². The number of aliphatic hydroxyl groups excluding tert-OH is 1. The molecule has 1 saturated carbocycles. The highest BCUT2D eigenvalue weighted by molar-refractivity contribution is 6.01. The zero-order valence-electron chi connectivity index (χ0n) is 22.2. The second kappa shape index (κ2) is 10.8. The average molecular weight is 582 g/mol. The number of halogens is 3. The first kappa shape index (κ1) is 27.8. The number of hydrogen-bond donors (Lipinski definition) is 2. The molecule has 13 heteroatoms. The van der Waals surface area contributed by atoms with Crippen LogP contribution in [0.25, 0.3) is 27.7 Å². The van der Waals surface area contributed by atoms with E-state index in [0.29, 0.717) is 50.2 Å². The van der Waals surface area contributed by atoms with Gasteiger partial charge in [0.1, 0.15) is 11.9 Å². The van der Waals surface area contributed by atoms with Crippen molar-refractivity contribution in [2.24, 2.45) is 0 Å². The number of benzene rings is 2. The molecule has 1 saturated heterocycles. The standard InChI is InChI=1S/C29H26F3N5O5/c30-29(31,32)42-25-4-2-21(13-24(25)35-27(40)28(5-6-28)36-7-9-41-10-8-36)37-17-34-23-12-19(1-3-22(23)26(37)39)20-11-18(16-38)14-33-15-20/h1-4,11-15,17,38H,5-10,16H2,(H,35,40). The van der Waals surface area contributed by atoms with Crippen LogP contribution in [0.1, 0.15) is 18.4 Å². The molecule has 0 atom stereocenters. The lowest BCUT2D eigenvalue weighted by atomic mass is 10.0. The molecule has 1 aliphatic carbocycles. The van der Waals surface area contributed by atoms with Crippen molar-refractivity contribution < 1.29 is 32.5 Å². The number of aromatic nitrogens is 3. The molecule has 2 aromatic heterocycles. The van der Waals surface area contributed by atoms with Crippen molar-refractivity contribution >= 4 is 22.5 Å². The predicted octanol–water partition coefficient (Wildman–Crippen LogP) is 3.64. The van der Waals surface area contributed by atoms with Crippen LogP contribution in [0, 0.1) is 0 Å². The monoisotopic (exact) mass is 581 g/mol. The molecular weight excluding hydrogens is 555 g/mol. The van der Waals surface area contributed by atoms with E-state index in [1.807, 2.05) is 4.90 Å². The molecule has 4 aromatic rings. The Morgan fingerprint density at radius 1 is 1.07 bits per heavy atom. The SMILES string of the molecule is O=C(Nc1cc(-n2cnc3cc(-c4cncc(CO)c4)ccc3c2=O)ccc1OC(F)(F)F)C1(N2CCOCC2)CC1. The maximum Gasteiger partial charge on any atom is 0.573 e. The molecule has 218 valence electrons. The van der Waals surface area contributed by atoms with Gasteiger partial charge in [-0.05, 0) is 60.4 Å². The highest BCUT2D eigenvalue weighted by atomic mass is 19.4. The Morgan fingerprint density at radius 2 is 1.86 bits per heavy atom. The average Bonchev–Trinajstić information content (AvgIpc) is 3.80. The summed E-state index contributed by atoms with van der Waals surface area (Å²) in [5, 5.41) is 12.3. The van der Waals surface area contributed by atoms with Crippen LogP contribution in [0.4, 0.5) is 18.9 Å². The minimum atomic E-state index is -4.99. The van der Waals surface area contributed by atoms with Crippen molar-refractivity contribution in [2.75, 3.05) is 31.6 Å². The molecule has 1 amide bonds. The van der Waals surface area contributed by atoms with Crippen LogP contribution < -0.4 is 15.6 Å². The molecule has 0 bridgehead atoms. The van der Waals surface area contributed by atoms with Gasteiger partial charge in [0.2, 0.25) is 5.91 Å². The fourth-order valence-corrected chi connectivity index (χ4v) is 5.23. The van der Waals surface area contributed by atoms with Gasteiger partial charge in [0, 0.05) is 31.0 Å². The number of ether oxygens (including phenoxy) is 2. The first-order valence-electron chi connectivity index (χ1n) is 13.3. The Hall–Kier alpha value is -4.33. The molecule has 2 fully saturated rings. The number of amides is 1. The minimum Gasteiger partial charge on any atom is -0.404 e. The van der Waals surface area contributed by atoms with Gasteiger partial charge >= 0.3 is 6.36 Å². The number of pyridine rings is 1. The van der Waals surface area contributed by atoms with Crippen molar-refractivity contribution in [3.63, 3.8) is 0 Å². The quantitative estimate of drug-likeness (QED) is 0.340. The summed E-state index contributed by atoms with van der Waals surface area (Å²) in [7, 11) is 0. The molecule has 0 spiro atoms. The van der Waals surface area contributed by atoms with Crippen molar-refractivity contribution in [3.05, 3.63) is 77.1 Å². The number of nitrogens with one attached hydrogen (secondary N) is 1. The lowest BCUT2D eigenvalue weighted by Gasteiger charge is -2.34. The van der Waals surface area contributed by atoms with E-state index in [9.17, 15) is 27.9 Å². The second-order valence-electron chi connectivity index (χ2n) is 10.2. The number of anilines is 1. The van der Waals surface area contributed by atoms with E-state index < -0.39 is 29.1 Å². The van der Waals surface area contributed by atoms with E-state index in [4.69, 9.17) is 4.74 Å². The fraction of sp³-hybridized carbons (Fsp3) is 0.310. The summed E-state index contributed by atoms with van der Waals surface area (Å²) >= 11 is 0. The number of hydrogen-bond acceptors (Lipinski definition) is 8. The Morgan fingerprint density at radius 3 is 2.57 bits per heavy atom. The zero-order chi connectivity index (χ0) is 29.5. The summed E-state index contributed by atoms with van der Waals surface area (Å²) in [6.07, 6.45) is 0.615. The Labute approximate surface area is 237 Å². The number of carbonyl (C=O) groups excluding carboxylic acids is 1. The highest BCUT2D eigenvalue weighted by Gasteiger charge is 2.54. The molecule has 3 heterocycles. The summed E-state index contributed by atoms with van der Waals surface area (Å²) in [6.45, 7) is 1.86. The molecule has 2 aliphatic rings. The highest BCUT2D eigenvalue weighted by Crippen LogP contribution is 2.44. The van der Waals surface area contributed by atoms with Gasteiger partial charge in [-0.1, -0.05) is 6.07 Å². The molecular formula is C29H26F3N5O5. The van der Waals surface area contributed by atoms with Crippen molar-refractivity contribution in [1.82, 2.24) is 19.4 Å². The van der Waals surface area contributed by atoms with E-state index in [1.54, 1.807) is 36.7 Å². The molecule has 1 aliphatic heterocycles. The number of aliphatic hydroxyl groups is 1. The normalized spacial score (nSPS) is 16.8. The summed E-state index contributed by atoms with van der Waals surface area (Å²) < 4.78 is 50.4. The van der Waals surface area contributed by atoms with Crippen LogP contribution in [0.5, 0.6) is 5.75 Å². The third-order valence-electron chi connectivity index (χ3n) is 7.55.